The van der Waals surface area contributed by atoms with Crippen molar-refractivity contribution in [3.8, 4) is 0 Å². The van der Waals surface area contributed by atoms with E-state index in [1.807, 2.05) is 0 Å². The van der Waals surface area contributed by atoms with Gasteiger partial charge in [0.05, 0.1) is 13.2 Å². The number of methoxy groups -OCH3 is 1. The molecule has 6 heteroatoms. The first-order chi connectivity index (χ1) is 10.7. The summed E-state index contributed by atoms with van der Waals surface area (Å²) in [5.74, 6) is 0.465. The predicted molar refractivity (Wildman–Crippen MR) is 108 cm³/mol. The zero-order chi connectivity index (χ0) is 16.2. The van der Waals surface area contributed by atoms with E-state index >= 15 is 0 Å². The lowest BCUT2D eigenvalue weighted by molar-refractivity contribution is 0.0702. The molecule has 0 bridgehead atoms. The molecule has 132 valence electrons. The molecule has 0 atom stereocenters. The Kier molecular flexibility index (Phi) is 13.1. The van der Waals surface area contributed by atoms with Crippen LogP contribution in [-0.2, 0) is 22.3 Å². The monoisotopic (exact) mass is 435 g/mol. The van der Waals surface area contributed by atoms with Gasteiger partial charge < -0.3 is 20.5 Å². The molecule has 0 aliphatic heterocycles. The van der Waals surface area contributed by atoms with Gasteiger partial charge in [-0.25, -0.2) is 0 Å². The molecule has 0 unspecified atom stereocenters. The van der Waals surface area contributed by atoms with Crippen LogP contribution in [0, 0.1) is 0 Å². The maximum absolute atomic E-state index is 5.99. The summed E-state index contributed by atoms with van der Waals surface area (Å²) in [5, 5.41) is 3.26. The van der Waals surface area contributed by atoms with Gasteiger partial charge in [-0.3, -0.25) is 4.99 Å². The van der Waals surface area contributed by atoms with Crippen LogP contribution in [0.5, 0.6) is 0 Å². The molecule has 0 aliphatic carbocycles. The number of guanidine groups is 1. The number of hydrogen-bond acceptors (Lipinski definition) is 3. The van der Waals surface area contributed by atoms with Crippen molar-refractivity contribution >= 4 is 35.6 Å². The Labute approximate surface area is 157 Å². The highest BCUT2D eigenvalue weighted by Gasteiger charge is 2.06. The Hall–Kier alpha value is -0.860. The molecule has 0 heterocycles. The fourth-order valence-corrected chi connectivity index (χ4v) is 2.18. The Morgan fingerprint density at radius 3 is 2.35 bits per heavy atom. The fraction of sp³-hybridized carbons (Fsp3) is 0.588. The lowest BCUT2D eigenvalue weighted by Gasteiger charge is -2.14. The van der Waals surface area contributed by atoms with E-state index in [2.05, 4.69) is 42.4 Å². The summed E-state index contributed by atoms with van der Waals surface area (Å²) in [7, 11) is 1.67. The number of aliphatic imine (C=N–C) groups is 1. The Morgan fingerprint density at radius 2 is 1.78 bits per heavy atom. The van der Waals surface area contributed by atoms with Gasteiger partial charge in [0.25, 0.3) is 0 Å². The highest BCUT2D eigenvalue weighted by molar-refractivity contribution is 14.0. The third kappa shape index (κ3) is 8.53. The van der Waals surface area contributed by atoms with Crippen molar-refractivity contribution in [2.75, 3.05) is 38.8 Å². The van der Waals surface area contributed by atoms with Crippen LogP contribution in [0.4, 0.5) is 5.69 Å². The molecule has 0 saturated carbocycles. The lowest BCUT2D eigenvalue weighted by Crippen LogP contribution is -2.24. The minimum absolute atomic E-state index is 0. The summed E-state index contributed by atoms with van der Waals surface area (Å²) in [5.41, 5.74) is 9.62. The molecule has 23 heavy (non-hydrogen) atoms. The van der Waals surface area contributed by atoms with Crippen molar-refractivity contribution in [2.45, 2.75) is 33.1 Å². The number of hydrogen-bond donors (Lipinski definition) is 2. The number of ether oxygens (including phenoxy) is 2. The second kappa shape index (κ2) is 13.6. The average Bonchev–Trinajstić information content (AvgIpc) is 2.54. The van der Waals surface area contributed by atoms with Gasteiger partial charge in [-0.15, -0.1) is 24.0 Å². The fourth-order valence-electron chi connectivity index (χ4n) is 2.18. The number of nitrogens with zero attached hydrogens (tertiary/aromatic N) is 1. The number of rotatable bonds is 10. The van der Waals surface area contributed by atoms with Crippen LogP contribution in [-0.4, -0.2) is 39.4 Å². The number of nitrogens with two attached hydrogens (primary N) is 1. The minimum Gasteiger partial charge on any atom is -0.382 e. The quantitative estimate of drug-likeness (QED) is 0.256. The summed E-state index contributed by atoms with van der Waals surface area (Å²) in [4.78, 5) is 4.36. The van der Waals surface area contributed by atoms with Crippen molar-refractivity contribution in [1.82, 2.24) is 0 Å². The van der Waals surface area contributed by atoms with E-state index in [0.29, 0.717) is 32.3 Å². The number of para-hydroxylation sites is 1. The summed E-state index contributed by atoms with van der Waals surface area (Å²) >= 11 is 0. The first kappa shape index (κ1) is 22.1. The van der Waals surface area contributed by atoms with Crippen molar-refractivity contribution in [1.29, 1.82) is 0 Å². The molecule has 1 aromatic rings. The maximum Gasteiger partial charge on any atom is 0.193 e. The maximum atomic E-state index is 5.99. The molecular formula is C17H30IN3O2. The minimum atomic E-state index is 0. The van der Waals surface area contributed by atoms with E-state index in [-0.39, 0.29) is 24.0 Å². The topological polar surface area (TPSA) is 68.9 Å². The van der Waals surface area contributed by atoms with Crippen molar-refractivity contribution < 1.29 is 9.47 Å². The Morgan fingerprint density at radius 1 is 1.13 bits per heavy atom. The van der Waals surface area contributed by atoms with Crippen LogP contribution in [0.2, 0.25) is 0 Å². The molecule has 0 amide bonds. The first-order valence-electron chi connectivity index (χ1n) is 7.97. The number of nitrogens with one attached hydrogen (secondary N) is 1. The van der Waals surface area contributed by atoms with E-state index in [1.165, 1.54) is 11.1 Å². The summed E-state index contributed by atoms with van der Waals surface area (Å²) in [6.45, 7) is 6.86. The third-order valence-electron chi connectivity index (χ3n) is 3.41. The van der Waals surface area contributed by atoms with E-state index in [1.54, 1.807) is 7.11 Å². The zero-order valence-electron chi connectivity index (χ0n) is 14.4. The zero-order valence-corrected chi connectivity index (χ0v) is 16.8. The molecule has 0 fully saturated rings. The van der Waals surface area contributed by atoms with Crippen LogP contribution in [0.1, 0.15) is 31.4 Å². The highest BCUT2D eigenvalue weighted by atomic mass is 127. The van der Waals surface area contributed by atoms with E-state index in [9.17, 15) is 0 Å². The summed E-state index contributed by atoms with van der Waals surface area (Å²) in [6.07, 6.45) is 2.79. The summed E-state index contributed by atoms with van der Waals surface area (Å²) < 4.78 is 10.3. The second-order valence-electron chi connectivity index (χ2n) is 5.01. The van der Waals surface area contributed by atoms with E-state index in [0.717, 1.165) is 24.9 Å². The molecule has 0 radical (unpaired) electrons. The second-order valence-corrected chi connectivity index (χ2v) is 5.01. The molecule has 0 aromatic heterocycles. The predicted octanol–water partition coefficient (Wildman–Crippen LogP) is 3.21. The average molecular weight is 435 g/mol. The van der Waals surface area contributed by atoms with Crippen molar-refractivity contribution in [2.24, 2.45) is 10.7 Å². The van der Waals surface area contributed by atoms with Gasteiger partial charge in [0.1, 0.15) is 0 Å². The smallest absolute Gasteiger partial charge is 0.193 e. The molecule has 1 rings (SSSR count). The molecule has 0 saturated heterocycles. The normalized spacial score (nSPS) is 11.2. The molecular weight excluding hydrogens is 405 g/mol. The lowest BCUT2D eigenvalue weighted by atomic mass is 10.0. The van der Waals surface area contributed by atoms with E-state index < -0.39 is 0 Å². The number of halogens is 1. The van der Waals surface area contributed by atoms with Gasteiger partial charge in [0.2, 0.25) is 0 Å². The van der Waals surface area contributed by atoms with Gasteiger partial charge in [-0.1, -0.05) is 32.0 Å². The third-order valence-corrected chi connectivity index (χ3v) is 3.41. The molecule has 1 aromatic carbocycles. The van der Waals surface area contributed by atoms with Crippen LogP contribution < -0.4 is 11.1 Å². The molecule has 3 N–H and O–H groups in total. The number of anilines is 1. The van der Waals surface area contributed by atoms with Crippen LogP contribution in [0.3, 0.4) is 0 Å². The summed E-state index contributed by atoms with van der Waals surface area (Å²) in [6, 6.07) is 6.34. The number of aryl methyl sites for hydroxylation is 2. The van der Waals surface area contributed by atoms with Gasteiger partial charge in [-0.05, 0) is 30.4 Å². The SMILES string of the molecule is CCc1cccc(CC)c1NC(N)=NCCCOCCOC.I. The number of benzene rings is 1. The highest BCUT2D eigenvalue weighted by Crippen LogP contribution is 2.22. The van der Waals surface area contributed by atoms with Crippen molar-refractivity contribution in [3.63, 3.8) is 0 Å². The Balaban J connectivity index is 0.00000484. The van der Waals surface area contributed by atoms with Crippen LogP contribution >= 0.6 is 24.0 Å². The first-order valence-corrected chi connectivity index (χ1v) is 7.97. The van der Waals surface area contributed by atoms with Crippen molar-refractivity contribution in [3.05, 3.63) is 29.3 Å². The largest absolute Gasteiger partial charge is 0.382 e. The van der Waals surface area contributed by atoms with Gasteiger partial charge in [-0.2, -0.15) is 0 Å². The van der Waals surface area contributed by atoms with Gasteiger partial charge in [0, 0.05) is 25.9 Å². The van der Waals surface area contributed by atoms with Crippen LogP contribution in [0.15, 0.2) is 23.2 Å². The molecule has 0 aliphatic rings. The van der Waals surface area contributed by atoms with Gasteiger partial charge in [0.15, 0.2) is 5.96 Å². The Bertz CT molecular complexity index is 445. The molecule has 5 nitrogen and oxygen atoms in total. The molecule has 0 spiro atoms. The van der Waals surface area contributed by atoms with Gasteiger partial charge >= 0.3 is 0 Å². The standard InChI is InChI=1S/C17H29N3O2.HI/c1-4-14-8-6-9-15(5-2)16(14)20-17(18)19-10-7-11-22-13-12-21-3;/h6,8-9H,4-5,7,10-13H2,1-3H3,(H3,18,19,20);1H. The van der Waals surface area contributed by atoms with Crippen LogP contribution in [0.25, 0.3) is 0 Å². The van der Waals surface area contributed by atoms with E-state index in [4.69, 9.17) is 15.2 Å².